The zero-order valence-corrected chi connectivity index (χ0v) is 21.1. The van der Waals surface area contributed by atoms with Crippen LogP contribution in [0.2, 0.25) is 0 Å². The summed E-state index contributed by atoms with van der Waals surface area (Å²) in [6, 6.07) is 14.4. The summed E-state index contributed by atoms with van der Waals surface area (Å²) in [5.41, 5.74) is 0.958. The zero-order chi connectivity index (χ0) is 26.0. The molecule has 0 spiro atoms. The number of amides is 1. The first-order valence-electron chi connectivity index (χ1n) is 11.6. The Labute approximate surface area is 209 Å². The average molecular weight is 513 g/mol. The first kappa shape index (κ1) is 25.4. The molecule has 190 valence electrons. The topological polar surface area (TPSA) is 120 Å². The van der Waals surface area contributed by atoms with Crippen LogP contribution in [0.25, 0.3) is 5.69 Å². The van der Waals surface area contributed by atoms with Crippen LogP contribution in [0.1, 0.15) is 35.8 Å². The number of rotatable bonds is 7. The number of carbonyl (C=O) groups excluding carboxylic acids is 2. The van der Waals surface area contributed by atoms with E-state index in [4.69, 9.17) is 4.74 Å². The Kier molecular flexibility index (Phi) is 7.14. The van der Waals surface area contributed by atoms with Crippen LogP contribution < -0.4 is 10.9 Å². The Morgan fingerprint density at radius 1 is 1.00 bits per heavy atom. The highest BCUT2D eigenvalue weighted by Gasteiger charge is 2.28. The van der Waals surface area contributed by atoms with Crippen LogP contribution in [0.4, 0.5) is 5.69 Å². The lowest BCUT2D eigenvalue weighted by molar-refractivity contribution is -0.123. The van der Waals surface area contributed by atoms with E-state index in [-0.39, 0.29) is 16.1 Å². The van der Waals surface area contributed by atoms with Gasteiger partial charge in [0.15, 0.2) is 6.10 Å². The molecule has 1 unspecified atom stereocenters. The fourth-order valence-electron chi connectivity index (χ4n) is 4.06. The van der Waals surface area contributed by atoms with Gasteiger partial charge in [0, 0.05) is 20.1 Å². The molecule has 2 heterocycles. The highest BCUT2D eigenvalue weighted by atomic mass is 32.2. The molecule has 0 aliphatic carbocycles. The third-order valence-corrected chi connectivity index (χ3v) is 8.16. The van der Waals surface area contributed by atoms with Crippen molar-refractivity contribution in [1.82, 2.24) is 13.7 Å². The van der Waals surface area contributed by atoms with E-state index in [0.29, 0.717) is 24.5 Å². The van der Waals surface area contributed by atoms with Crippen molar-refractivity contribution in [3.8, 4) is 5.69 Å². The number of para-hydroxylation sites is 1. The van der Waals surface area contributed by atoms with Crippen molar-refractivity contribution in [2.75, 3.05) is 18.4 Å². The van der Waals surface area contributed by atoms with Crippen LogP contribution in [0.5, 0.6) is 0 Å². The fraction of sp³-hybridized carbons (Fsp3) is 0.320. The van der Waals surface area contributed by atoms with Crippen LogP contribution in [0.3, 0.4) is 0 Å². The largest absolute Gasteiger partial charge is 0.449 e. The van der Waals surface area contributed by atoms with Gasteiger partial charge in [-0.3, -0.25) is 14.3 Å². The monoisotopic (exact) mass is 512 g/mol. The third kappa shape index (κ3) is 4.84. The van der Waals surface area contributed by atoms with Crippen molar-refractivity contribution in [3.63, 3.8) is 0 Å². The van der Waals surface area contributed by atoms with E-state index >= 15 is 0 Å². The molecule has 1 N–H and O–H groups in total. The van der Waals surface area contributed by atoms with Crippen LogP contribution in [-0.2, 0) is 26.6 Å². The smallest absolute Gasteiger partial charge is 0.338 e. The van der Waals surface area contributed by atoms with E-state index in [9.17, 15) is 22.8 Å². The number of benzene rings is 2. The number of hydrogen-bond donors (Lipinski definition) is 1. The fourth-order valence-corrected chi connectivity index (χ4v) is 5.58. The average Bonchev–Trinajstić information content (AvgIpc) is 3.49. The van der Waals surface area contributed by atoms with E-state index in [1.54, 1.807) is 42.9 Å². The van der Waals surface area contributed by atoms with Gasteiger partial charge in [-0.05, 0) is 63.1 Å². The van der Waals surface area contributed by atoms with Gasteiger partial charge in [0.2, 0.25) is 10.0 Å². The Bertz CT molecular complexity index is 1440. The van der Waals surface area contributed by atoms with Gasteiger partial charge in [0.25, 0.3) is 11.5 Å². The highest BCUT2D eigenvalue weighted by molar-refractivity contribution is 7.89. The Morgan fingerprint density at radius 2 is 1.61 bits per heavy atom. The van der Waals surface area contributed by atoms with Gasteiger partial charge in [-0.2, -0.15) is 4.31 Å². The molecule has 0 bridgehead atoms. The standard InChI is InChI=1S/C25H28N4O6S/c1-17-22(24(31)29(27(17)3)20-9-5-4-6-10-20)26-23(30)18(2)35-25(32)19-11-13-21(14-12-19)36(33,34)28-15-7-8-16-28/h4-6,9-14,18H,7-8,15-16H2,1-3H3,(H,26,30). The molecule has 2 aromatic carbocycles. The second-order valence-electron chi connectivity index (χ2n) is 8.61. The van der Waals surface area contributed by atoms with E-state index in [2.05, 4.69) is 5.32 Å². The lowest BCUT2D eigenvalue weighted by Gasteiger charge is -2.16. The van der Waals surface area contributed by atoms with Crippen molar-refractivity contribution in [2.24, 2.45) is 7.05 Å². The quantitative estimate of drug-likeness (QED) is 0.486. The van der Waals surface area contributed by atoms with E-state index in [1.807, 2.05) is 6.07 Å². The van der Waals surface area contributed by atoms with Gasteiger partial charge in [-0.15, -0.1) is 0 Å². The Hall–Kier alpha value is -3.70. The summed E-state index contributed by atoms with van der Waals surface area (Å²) in [6.07, 6.45) is 0.452. The molecule has 4 rings (SSSR count). The molecule has 10 nitrogen and oxygen atoms in total. The van der Waals surface area contributed by atoms with Gasteiger partial charge in [-0.1, -0.05) is 18.2 Å². The molecule has 1 atom stereocenters. The molecular weight excluding hydrogens is 484 g/mol. The predicted molar refractivity (Wildman–Crippen MR) is 134 cm³/mol. The van der Waals surface area contributed by atoms with Crippen molar-refractivity contribution >= 4 is 27.6 Å². The van der Waals surface area contributed by atoms with E-state index in [0.717, 1.165) is 12.8 Å². The predicted octanol–water partition coefficient (Wildman–Crippen LogP) is 2.45. The number of anilines is 1. The molecule has 1 aromatic heterocycles. The van der Waals surface area contributed by atoms with E-state index in [1.165, 1.54) is 40.2 Å². The maximum absolute atomic E-state index is 13.0. The molecule has 1 saturated heterocycles. The summed E-state index contributed by atoms with van der Waals surface area (Å²) in [4.78, 5) is 38.4. The molecule has 0 radical (unpaired) electrons. The molecule has 11 heteroatoms. The van der Waals surface area contributed by atoms with Gasteiger partial charge in [0.1, 0.15) is 5.69 Å². The molecule has 1 amide bonds. The summed E-state index contributed by atoms with van der Waals surface area (Å²) in [7, 11) is -1.89. The first-order chi connectivity index (χ1) is 17.1. The summed E-state index contributed by atoms with van der Waals surface area (Å²) in [5, 5.41) is 2.57. The van der Waals surface area contributed by atoms with Crippen molar-refractivity contribution in [3.05, 3.63) is 76.2 Å². The number of carbonyl (C=O) groups is 2. The second-order valence-corrected chi connectivity index (χ2v) is 10.5. The minimum absolute atomic E-state index is 0.0886. The highest BCUT2D eigenvalue weighted by Crippen LogP contribution is 2.21. The first-order valence-corrected chi connectivity index (χ1v) is 13.0. The summed E-state index contributed by atoms with van der Waals surface area (Å²) >= 11 is 0. The number of hydrogen-bond acceptors (Lipinski definition) is 6. The van der Waals surface area contributed by atoms with Crippen molar-refractivity contribution in [2.45, 2.75) is 37.7 Å². The lowest BCUT2D eigenvalue weighted by Crippen LogP contribution is -2.32. The van der Waals surface area contributed by atoms with Crippen LogP contribution in [0, 0.1) is 6.92 Å². The summed E-state index contributed by atoms with van der Waals surface area (Å²) in [5.74, 6) is -1.45. The minimum Gasteiger partial charge on any atom is -0.449 e. The minimum atomic E-state index is -3.60. The summed E-state index contributed by atoms with van der Waals surface area (Å²) in [6.45, 7) is 4.06. The number of nitrogens with zero attached hydrogens (tertiary/aromatic N) is 3. The molecular formula is C25H28N4O6S. The maximum atomic E-state index is 13.0. The third-order valence-electron chi connectivity index (χ3n) is 6.25. The molecule has 0 saturated carbocycles. The number of aromatic nitrogens is 2. The molecule has 1 fully saturated rings. The van der Waals surface area contributed by atoms with Crippen molar-refractivity contribution in [1.29, 1.82) is 0 Å². The number of ether oxygens (including phenoxy) is 1. The maximum Gasteiger partial charge on any atom is 0.338 e. The Morgan fingerprint density at radius 3 is 2.22 bits per heavy atom. The van der Waals surface area contributed by atoms with Gasteiger partial charge in [-0.25, -0.2) is 17.9 Å². The van der Waals surface area contributed by atoms with Gasteiger partial charge in [0.05, 0.1) is 21.8 Å². The molecule has 36 heavy (non-hydrogen) atoms. The Balaban J connectivity index is 1.44. The number of sulfonamides is 1. The van der Waals surface area contributed by atoms with E-state index < -0.39 is 33.6 Å². The number of esters is 1. The second kappa shape index (κ2) is 10.1. The number of nitrogens with one attached hydrogen (secondary N) is 1. The molecule has 3 aromatic rings. The SMILES string of the molecule is Cc1c(NC(=O)C(C)OC(=O)c2ccc(S(=O)(=O)N3CCCC3)cc2)c(=O)n(-c2ccccc2)n1C. The van der Waals surface area contributed by atoms with Crippen LogP contribution >= 0.6 is 0 Å². The zero-order valence-electron chi connectivity index (χ0n) is 20.3. The van der Waals surface area contributed by atoms with Gasteiger partial charge >= 0.3 is 5.97 Å². The summed E-state index contributed by atoms with van der Waals surface area (Å²) < 4.78 is 35.1. The van der Waals surface area contributed by atoms with Crippen molar-refractivity contribution < 1.29 is 22.7 Å². The van der Waals surface area contributed by atoms with Crippen LogP contribution in [0.15, 0.2) is 64.3 Å². The molecule has 1 aliphatic rings. The van der Waals surface area contributed by atoms with Gasteiger partial charge < -0.3 is 10.1 Å². The normalized spacial score (nSPS) is 15.0. The molecule has 1 aliphatic heterocycles. The van der Waals surface area contributed by atoms with Crippen LogP contribution in [-0.4, -0.2) is 53.2 Å². The lowest BCUT2D eigenvalue weighted by atomic mass is 10.2.